The van der Waals surface area contributed by atoms with Gasteiger partial charge in [-0.15, -0.1) is 0 Å². The van der Waals surface area contributed by atoms with E-state index < -0.39 is 16.8 Å². The molecule has 1 saturated carbocycles. The Morgan fingerprint density at radius 3 is 2.52 bits per heavy atom. The number of carbonyl (C=O) groups is 1. The highest BCUT2D eigenvalue weighted by atomic mass is 19.1. The second-order valence-corrected chi connectivity index (χ2v) is 9.07. The lowest BCUT2D eigenvalue weighted by Gasteiger charge is -2.48. The van der Waals surface area contributed by atoms with Crippen molar-refractivity contribution in [2.75, 3.05) is 30.5 Å². The molecule has 2 atom stereocenters. The number of amides is 1. The summed E-state index contributed by atoms with van der Waals surface area (Å²) < 4.78 is 14.8. The highest BCUT2D eigenvalue weighted by Gasteiger charge is 2.54. The van der Waals surface area contributed by atoms with E-state index in [0.29, 0.717) is 31.4 Å². The van der Waals surface area contributed by atoms with Crippen LogP contribution in [0.25, 0.3) is 0 Å². The van der Waals surface area contributed by atoms with Crippen LogP contribution in [0.1, 0.15) is 63.9 Å². The smallest absolute Gasteiger partial charge is 0.227 e. The first-order valence-corrected chi connectivity index (χ1v) is 10.5. The van der Waals surface area contributed by atoms with Gasteiger partial charge in [-0.05, 0) is 56.2 Å². The van der Waals surface area contributed by atoms with E-state index in [1.807, 2.05) is 13.8 Å². The van der Waals surface area contributed by atoms with Crippen molar-refractivity contribution in [2.45, 2.75) is 63.8 Å². The van der Waals surface area contributed by atoms with E-state index in [2.05, 4.69) is 10.6 Å². The van der Waals surface area contributed by atoms with Crippen LogP contribution in [0, 0.1) is 17.2 Å². The van der Waals surface area contributed by atoms with Gasteiger partial charge in [0.25, 0.3) is 0 Å². The first kappa shape index (κ1) is 22.0. The van der Waals surface area contributed by atoms with Crippen LogP contribution in [0.4, 0.5) is 15.8 Å². The fraction of sp³-hybridized carbons (Fsp3) is 0.682. The van der Waals surface area contributed by atoms with Gasteiger partial charge in [0.1, 0.15) is 5.82 Å². The van der Waals surface area contributed by atoms with E-state index in [1.54, 1.807) is 6.07 Å². The molecule has 2 aliphatic rings. The summed E-state index contributed by atoms with van der Waals surface area (Å²) in [6.07, 6.45) is 4.02. The highest BCUT2D eigenvalue weighted by Crippen LogP contribution is 2.56. The Labute approximate surface area is 171 Å². The minimum absolute atomic E-state index is 0.0189. The van der Waals surface area contributed by atoms with Gasteiger partial charge in [-0.2, -0.15) is 0 Å². The first-order valence-electron chi connectivity index (χ1n) is 10.5. The SMILES string of the molecule is CC(C)(CO)C1(CCCO)Nc2cc(F)c(NC(=O)C3CC3)cc2C1CCCO. The molecule has 0 spiro atoms. The summed E-state index contributed by atoms with van der Waals surface area (Å²) >= 11 is 0. The normalized spacial score (nSPS) is 23.6. The summed E-state index contributed by atoms with van der Waals surface area (Å²) in [7, 11) is 0. The van der Waals surface area contributed by atoms with Gasteiger partial charge in [-0.1, -0.05) is 13.8 Å². The fourth-order valence-electron chi connectivity index (χ4n) is 4.67. The van der Waals surface area contributed by atoms with E-state index in [-0.39, 0.29) is 43.3 Å². The maximum absolute atomic E-state index is 14.8. The molecule has 6 nitrogen and oxygen atoms in total. The van der Waals surface area contributed by atoms with Crippen LogP contribution in [0.15, 0.2) is 12.1 Å². The number of aliphatic hydroxyl groups is 3. The summed E-state index contributed by atoms with van der Waals surface area (Å²) in [5.41, 5.74) is 0.541. The molecule has 1 aromatic rings. The maximum atomic E-state index is 14.8. The second kappa shape index (κ2) is 8.58. The van der Waals surface area contributed by atoms with Crippen molar-refractivity contribution in [3.05, 3.63) is 23.5 Å². The van der Waals surface area contributed by atoms with E-state index >= 15 is 0 Å². The van der Waals surface area contributed by atoms with Crippen molar-refractivity contribution in [2.24, 2.45) is 11.3 Å². The van der Waals surface area contributed by atoms with Gasteiger partial charge in [0.2, 0.25) is 5.91 Å². The van der Waals surface area contributed by atoms with Gasteiger partial charge in [0.05, 0.1) is 17.8 Å². The lowest BCUT2D eigenvalue weighted by molar-refractivity contribution is -0.117. The van der Waals surface area contributed by atoms with Crippen LogP contribution < -0.4 is 10.6 Å². The van der Waals surface area contributed by atoms with Crippen LogP contribution in [0.2, 0.25) is 0 Å². The van der Waals surface area contributed by atoms with Crippen LogP contribution in [-0.2, 0) is 4.79 Å². The lowest BCUT2D eigenvalue weighted by atomic mass is 9.62. The molecule has 1 amide bonds. The molecule has 0 aromatic heterocycles. The molecular formula is C22H33FN2O4. The fourth-order valence-corrected chi connectivity index (χ4v) is 4.67. The topological polar surface area (TPSA) is 102 Å². The Morgan fingerprint density at radius 1 is 1.24 bits per heavy atom. The number of halogens is 1. The zero-order valence-electron chi connectivity index (χ0n) is 17.3. The van der Waals surface area contributed by atoms with Gasteiger partial charge >= 0.3 is 0 Å². The van der Waals surface area contributed by atoms with E-state index in [9.17, 15) is 24.5 Å². The number of fused-ring (bicyclic) bond motifs is 1. The maximum Gasteiger partial charge on any atom is 0.227 e. The molecule has 1 heterocycles. The third-order valence-electron chi connectivity index (χ3n) is 6.66. The third kappa shape index (κ3) is 4.13. The van der Waals surface area contributed by atoms with Gasteiger partial charge in [0, 0.05) is 36.2 Å². The Balaban J connectivity index is 2.02. The monoisotopic (exact) mass is 408 g/mol. The summed E-state index contributed by atoms with van der Waals surface area (Å²) in [6.45, 7) is 3.89. The number of carbonyl (C=O) groups excluding carboxylic acids is 1. The minimum Gasteiger partial charge on any atom is -0.396 e. The number of hydrogen-bond acceptors (Lipinski definition) is 5. The summed E-state index contributed by atoms with van der Waals surface area (Å²) in [5, 5.41) is 35.3. The Kier molecular flexibility index (Phi) is 6.51. The summed E-state index contributed by atoms with van der Waals surface area (Å²) in [5.74, 6) is -0.770. The molecule has 3 rings (SSSR count). The molecule has 162 valence electrons. The van der Waals surface area contributed by atoms with Crippen molar-refractivity contribution in [3.8, 4) is 0 Å². The molecule has 1 aliphatic carbocycles. The zero-order valence-corrected chi connectivity index (χ0v) is 17.3. The number of anilines is 2. The molecule has 29 heavy (non-hydrogen) atoms. The van der Waals surface area contributed by atoms with Crippen molar-refractivity contribution in [1.82, 2.24) is 0 Å². The Hall–Kier alpha value is -1.70. The number of benzene rings is 1. The van der Waals surface area contributed by atoms with Gasteiger partial charge in [-0.3, -0.25) is 4.79 Å². The average Bonchev–Trinajstić information content (AvgIpc) is 3.49. The van der Waals surface area contributed by atoms with E-state index in [1.165, 1.54) is 6.07 Å². The molecule has 1 aliphatic heterocycles. The molecule has 0 bridgehead atoms. The summed E-state index contributed by atoms with van der Waals surface area (Å²) in [6, 6.07) is 3.12. The van der Waals surface area contributed by atoms with Gasteiger partial charge in [-0.25, -0.2) is 4.39 Å². The molecule has 1 fully saturated rings. The Morgan fingerprint density at radius 2 is 1.93 bits per heavy atom. The van der Waals surface area contributed by atoms with Crippen molar-refractivity contribution in [3.63, 3.8) is 0 Å². The lowest BCUT2D eigenvalue weighted by Crippen LogP contribution is -2.54. The molecule has 1 aromatic carbocycles. The third-order valence-corrected chi connectivity index (χ3v) is 6.66. The number of rotatable bonds is 10. The number of hydrogen-bond donors (Lipinski definition) is 5. The van der Waals surface area contributed by atoms with Crippen molar-refractivity contribution < 1.29 is 24.5 Å². The van der Waals surface area contributed by atoms with Crippen molar-refractivity contribution >= 4 is 17.3 Å². The highest BCUT2D eigenvalue weighted by molar-refractivity contribution is 5.94. The van der Waals surface area contributed by atoms with Gasteiger partial charge in [0.15, 0.2) is 0 Å². The minimum atomic E-state index is -0.604. The second-order valence-electron chi connectivity index (χ2n) is 9.07. The molecule has 2 unspecified atom stereocenters. The molecule has 0 radical (unpaired) electrons. The molecule has 0 saturated heterocycles. The standard InChI is InChI=1S/C22H33FN2O4/c1-21(2,13-28)22(8-4-10-27)16(5-3-9-26)15-11-19(17(23)12-18(15)25-22)24-20(29)14-6-7-14/h11-12,14,16,25-28H,3-10,13H2,1-2H3,(H,24,29). The van der Waals surface area contributed by atoms with Gasteiger partial charge < -0.3 is 26.0 Å². The molecular weight excluding hydrogens is 375 g/mol. The first-order chi connectivity index (χ1) is 13.8. The quantitative estimate of drug-likeness (QED) is 0.410. The predicted octanol–water partition coefficient (Wildman–Crippen LogP) is 2.99. The predicted molar refractivity (Wildman–Crippen MR) is 110 cm³/mol. The van der Waals surface area contributed by atoms with Crippen molar-refractivity contribution in [1.29, 1.82) is 0 Å². The van der Waals surface area contributed by atoms with Crippen LogP contribution >= 0.6 is 0 Å². The van der Waals surface area contributed by atoms with Crippen LogP contribution in [-0.4, -0.2) is 46.6 Å². The number of aliphatic hydroxyl groups excluding tert-OH is 3. The van der Waals surface area contributed by atoms with E-state index in [4.69, 9.17) is 0 Å². The largest absolute Gasteiger partial charge is 0.396 e. The summed E-state index contributed by atoms with van der Waals surface area (Å²) in [4.78, 5) is 12.2. The Bertz CT molecular complexity index is 751. The molecule has 7 heteroatoms. The van der Waals surface area contributed by atoms with Crippen LogP contribution in [0.3, 0.4) is 0 Å². The van der Waals surface area contributed by atoms with Crippen LogP contribution in [0.5, 0.6) is 0 Å². The zero-order chi connectivity index (χ0) is 21.2. The number of nitrogens with one attached hydrogen (secondary N) is 2. The van der Waals surface area contributed by atoms with E-state index in [0.717, 1.165) is 18.4 Å². The average molecular weight is 409 g/mol. The molecule has 5 N–H and O–H groups in total.